The molecule has 0 amide bonds. The Labute approximate surface area is 86.1 Å². The predicted octanol–water partition coefficient (Wildman–Crippen LogP) is 1.43. The van der Waals surface area contributed by atoms with Crippen LogP contribution in [0.25, 0.3) is 0 Å². The van der Waals surface area contributed by atoms with E-state index in [9.17, 15) is 5.11 Å². The summed E-state index contributed by atoms with van der Waals surface area (Å²) < 4.78 is 0. The number of aliphatic hydroxyl groups is 1. The molecule has 4 unspecified atom stereocenters. The zero-order valence-corrected chi connectivity index (χ0v) is 9.03. The number of nitriles is 1. The van der Waals surface area contributed by atoms with E-state index in [1.165, 1.54) is 0 Å². The van der Waals surface area contributed by atoms with Crippen LogP contribution in [0.5, 0.6) is 0 Å². The van der Waals surface area contributed by atoms with Crippen molar-refractivity contribution in [2.75, 3.05) is 0 Å². The van der Waals surface area contributed by atoms with Crippen LogP contribution in [0.2, 0.25) is 0 Å². The fourth-order valence-electron chi connectivity index (χ4n) is 2.26. The first-order valence-corrected chi connectivity index (χ1v) is 5.47. The van der Waals surface area contributed by atoms with Crippen LogP contribution >= 0.6 is 0 Å². The number of nitrogens with one attached hydrogen (secondary N) is 1. The number of hydrogen-bond donors (Lipinski definition) is 2. The third kappa shape index (κ3) is 3.28. The Balaban J connectivity index is 2.32. The molecule has 1 aliphatic rings. The van der Waals surface area contributed by atoms with Gasteiger partial charge in [-0.05, 0) is 33.1 Å². The van der Waals surface area contributed by atoms with Crippen molar-refractivity contribution in [2.45, 2.75) is 57.7 Å². The minimum absolute atomic E-state index is 0.173. The minimum atomic E-state index is -0.264. The molecule has 0 aromatic heterocycles. The topological polar surface area (TPSA) is 56.0 Å². The van der Waals surface area contributed by atoms with Gasteiger partial charge in [-0.25, -0.2) is 0 Å². The second-order valence-electron chi connectivity index (χ2n) is 4.43. The summed E-state index contributed by atoms with van der Waals surface area (Å²) in [5.74, 6) is 0.173. The molecule has 0 heterocycles. The second kappa shape index (κ2) is 5.33. The van der Waals surface area contributed by atoms with Gasteiger partial charge in [0, 0.05) is 12.1 Å². The smallest absolute Gasteiger partial charge is 0.0672 e. The molecule has 3 heteroatoms. The van der Waals surface area contributed by atoms with Crippen LogP contribution in [-0.4, -0.2) is 23.3 Å². The first-order valence-electron chi connectivity index (χ1n) is 5.47. The van der Waals surface area contributed by atoms with Crippen LogP contribution in [-0.2, 0) is 0 Å². The standard InChI is InChI=1S/C11H20N2O/c1-8(6-9(2)14)13-11-5-3-4-10(11)7-12/h8-11,13-14H,3-6H2,1-2H3. The van der Waals surface area contributed by atoms with E-state index in [1.807, 2.05) is 0 Å². The molecule has 0 bridgehead atoms. The van der Waals surface area contributed by atoms with Crippen molar-refractivity contribution in [2.24, 2.45) is 5.92 Å². The summed E-state index contributed by atoms with van der Waals surface area (Å²) in [5.41, 5.74) is 0. The third-order valence-electron chi connectivity index (χ3n) is 2.88. The summed E-state index contributed by atoms with van der Waals surface area (Å²) in [5, 5.41) is 21.5. The first-order chi connectivity index (χ1) is 6.63. The maximum Gasteiger partial charge on any atom is 0.0672 e. The van der Waals surface area contributed by atoms with E-state index in [0.717, 1.165) is 25.7 Å². The summed E-state index contributed by atoms with van der Waals surface area (Å²) in [6.07, 6.45) is 3.77. The molecule has 3 nitrogen and oxygen atoms in total. The number of hydrogen-bond acceptors (Lipinski definition) is 3. The highest BCUT2D eigenvalue weighted by atomic mass is 16.3. The zero-order valence-electron chi connectivity index (χ0n) is 9.03. The highest BCUT2D eigenvalue weighted by Crippen LogP contribution is 2.25. The van der Waals surface area contributed by atoms with Gasteiger partial charge in [-0.15, -0.1) is 0 Å². The van der Waals surface area contributed by atoms with Crippen LogP contribution in [0.3, 0.4) is 0 Å². The van der Waals surface area contributed by atoms with Gasteiger partial charge in [0.05, 0.1) is 18.1 Å². The zero-order chi connectivity index (χ0) is 10.6. The van der Waals surface area contributed by atoms with Gasteiger partial charge >= 0.3 is 0 Å². The molecule has 0 aliphatic heterocycles. The van der Waals surface area contributed by atoms with Gasteiger partial charge in [0.2, 0.25) is 0 Å². The first kappa shape index (κ1) is 11.5. The van der Waals surface area contributed by atoms with Gasteiger partial charge in [0.15, 0.2) is 0 Å². The highest BCUT2D eigenvalue weighted by Gasteiger charge is 2.27. The van der Waals surface area contributed by atoms with Crippen LogP contribution in [0.4, 0.5) is 0 Å². The normalized spacial score (nSPS) is 31.0. The van der Waals surface area contributed by atoms with E-state index in [2.05, 4.69) is 18.3 Å². The molecule has 1 aliphatic carbocycles. The minimum Gasteiger partial charge on any atom is -0.393 e. The lowest BCUT2D eigenvalue weighted by Gasteiger charge is -2.22. The lowest BCUT2D eigenvalue weighted by atomic mass is 10.0. The van der Waals surface area contributed by atoms with Gasteiger partial charge in [0.1, 0.15) is 0 Å². The van der Waals surface area contributed by atoms with Gasteiger partial charge in [-0.2, -0.15) is 5.26 Å². The number of nitrogens with zero attached hydrogens (tertiary/aromatic N) is 1. The third-order valence-corrected chi connectivity index (χ3v) is 2.88. The van der Waals surface area contributed by atoms with Crippen molar-refractivity contribution in [3.63, 3.8) is 0 Å². The van der Waals surface area contributed by atoms with Crippen molar-refractivity contribution in [3.8, 4) is 6.07 Å². The molecule has 4 atom stereocenters. The van der Waals surface area contributed by atoms with Gasteiger partial charge < -0.3 is 10.4 Å². The summed E-state index contributed by atoms with van der Waals surface area (Å²) in [4.78, 5) is 0. The Morgan fingerprint density at radius 1 is 1.50 bits per heavy atom. The molecule has 14 heavy (non-hydrogen) atoms. The van der Waals surface area contributed by atoms with E-state index in [1.54, 1.807) is 6.92 Å². The molecule has 1 fully saturated rings. The van der Waals surface area contributed by atoms with Crippen LogP contribution in [0.15, 0.2) is 0 Å². The quantitative estimate of drug-likeness (QED) is 0.715. The van der Waals surface area contributed by atoms with E-state index < -0.39 is 0 Å². The molecular weight excluding hydrogens is 176 g/mol. The summed E-state index contributed by atoms with van der Waals surface area (Å²) in [6.45, 7) is 3.87. The van der Waals surface area contributed by atoms with Gasteiger partial charge in [0.25, 0.3) is 0 Å². The van der Waals surface area contributed by atoms with Crippen LogP contribution in [0.1, 0.15) is 39.5 Å². The van der Waals surface area contributed by atoms with Crippen molar-refractivity contribution >= 4 is 0 Å². The summed E-state index contributed by atoms with van der Waals surface area (Å²) >= 11 is 0. The van der Waals surface area contributed by atoms with E-state index in [-0.39, 0.29) is 12.0 Å². The Hall–Kier alpha value is -0.590. The molecular formula is C11H20N2O. The average Bonchev–Trinajstić information content (AvgIpc) is 2.50. The molecule has 1 rings (SSSR count). The van der Waals surface area contributed by atoms with E-state index in [4.69, 9.17) is 5.26 Å². The number of rotatable bonds is 4. The molecule has 1 saturated carbocycles. The van der Waals surface area contributed by atoms with E-state index >= 15 is 0 Å². The SMILES string of the molecule is CC(O)CC(C)NC1CCCC1C#N. The van der Waals surface area contributed by atoms with Crippen molar-refractivity contribution < 1.29 is 5.11 Å². The van der Waals surface area contributed by atoms with Gasteiger partial charge in [-0.1, -0.05) is 6.42 Å². The van der Waals surface area contributed by atoms with E-state index in [0.29, 0.717) is 12.1 Å². The Morgan fingerprint density at radius 3 is 2.79 bits per heavy atom. The molecule has 0 aromatic carbocycles. The predicted molar refractivity (Wildman–Crippen MR) is 55.6 cm³/mol. The summed E-state index contributed by atoms with van der Waals surface area (Å²) in [6, 6.07) is 2.99. The Kier molecular flexibility index (Phi) is 4.37. The van der Waals surface area contributed by atoms with Crippen molar-refractivity contribution in [3.05, 3.63) is 0 Å². The van der Waals surface area contributed by atoms with Crippen LogP contribution < -0.4 is 5.32 Å². The lowest BCUT2D eigenvalue weighted by molar-refractivity contribution is 0.167. The maximum absolute atomic E-state index is 9.21. The summed E-state index contributed by atoms with van der Waals surface area (Å²) in [7, 11) is 0. The molecule has 2 N–H and O–H groups in total. The van der Waals surface area contributed by atoms with Crippen LogP contribution in [0, 0.1) is 17.2 Å². The fraction of sp³-hybridized carbons (Fsp3) is 0.909. The second-order valence-corrected chi connectivity index (χ2v) is 4.43. The largest absolute Gasteiger partial charge is 0.393 e. The fourth-order valence-corrected chi connectivity index (χ4v) is 2.26. The molecule has 0 radical (unpaired) electrons. The average molecular weight is 196 g/mol. The molecule has 0 aromatic rings. The lowest BCUT2D eigenvalue weighted by Crippen LogP contribution is -2.39. The molecule has 0 saturated heterocycles. The monoisotopic (exact) mass is 196 g/mol. The highest BCUT2D eigenvalue weighted by molar-refractivity contribution is 4.97. The van der Waals surface area contributed by atoms with Crippen molar-refractivity contribution in [1.29, 1.82) is 5.26 Å². The number of aliphatic hydroxyl groups excluding tert-OH is 1. The maximum atomic E-state index is 9.21. The van der Waals surface area contributed by atoms with Crippen molar-refractivity contribution in [1.82, 2.24) is 5.32 Å². The Bertz CT molecular complexity index is 210. The van der Waals surface area contributed by atoms with Gasteiger partial charge in [-0.3, -0.25) is 0 Å². The molecule has 0 spiro atoms. The Morgan fingerprint density at radius 2 is 2.21 bits per heavy atom. The molecule has 80 valence electrons.